The van der Waals surface area contributed by atoms with Crippen molar-refractivity contribution in [2.75, 3.05) is 32.4 Å². The summed E-state index contributed by atoms with van der Waals surface area (Å²) in [6.07, 6.45) is 0. The van der Waals surface area contributed by atoms with Gasteiger partial charge in [0.05, 0.1) is 22.3 Å². The van der Waals surface area contributed by atoms with Gasteiger partial charge in [0, 0.05) is 13.1 Å². The summed E-state index contributed by atoms with van der Waals surface area (Å²) < 4.78 is 24.5. The van der Waals surface area contributed by atoms with Crippen LogP contribution in [0.5, 0.6) is 0 Å². The van der Waals surface area contributed by atoms with Gasteiger partial charge in [-0.2, -0.15) is 5.26 Å². The molecule has 0 fully saturated rings. The number of benzene rings is 1. The van der Waals surface area contributed by atoms with Gasteiger partial charge >= 0.3 is 0 Å². The fourth-order valence-electron chi connectivity index (χ4n) is 2.00. The molecule has 0 bridgehead atoms. The number of nitrogens with zero attached hydrogens (tertiary/aromatic N) is 2. The van der Waals surface area contributed by atoms with Gasteiger partial charge in [-0.25, -0.2) is 8.42 Å². The molecule has 5 nitrogen and oxygen atoms in total. The molecule has 2 N–H and O–H groups in total. The van der Waals surface area contributed by atoms with E-state index in [1.807, 2.05) is 18.0 Å². The third-order valence-corrected chi connectivity index (χ3v) is 5.05. The van der Waals surface area contributed by atoms with Gasteiger partial charge in [0.15, 0.2) is 9.84 Å². The summed E-state index contributed by atoms with van der Waals surface area (Å²) in [5.74, 6) is 0.0516. The van der Waals surface area contributed by atoms with Gasteiger partial charge in [0.25, 0.3) is 0 Å². The summed E-state index contributed by atoms with van der Waals surface area (Å²) in [6.45, 7) is 5.86. The fraction of sp³-hybridized carbons (Fsp3) is 0.533. The molecular formula is C15H23N3O2S. The topological polar surface area (TPSA) is 87.2 Å². The molecule has 6 heteroatoms. The van der Waals surface area contributed by atoms with Crippen molar-refractivity contribution < 1.29 is 8.42 Å². The number of hydrogen-bond acceptors (Lipinski definition) is 5. The van der Waals surface area contributed by atoms with Gasteiger partial charge in [-0.05, 0) is 43.3 Å². The highest BCUT2D eigenvalue weighted by molar-refractivity contribution is 7.91. The molecule has 0 amide bonds. The summed E-state index contributed by atoms with van der Waals surface area (Å²) in [5.41, 5.74) is 6.10. The van der Waals surface area contributed by atoms with E-state index in [0.29, 0.717) is 18.7 Å². The van der Waals surface area contributed by atoms with E-state index in [2.05, 4.69) is 13.8 Å². The average molecular weight is 309 g/mol. The van der Waals surface area contributed by atoms with Crippen LogP contribution in [0.4, 0.5) is 0 Å². The Kier molecular flexibility index (Phi) is 5.90. The van der Waals surface area contributed by atoms with Crippen LogP contribution in [0.3, 0.4) is 0 Å². The monoisotopic (exact) mass is 309 g/mol. The standard InChI is InChI=1S/C15H23N3O2S/c1-15(2,11-17)12-18(3)8-9-21(19,20)14-6-4-13(10-16)5-7-14/h4-7H,8-9,11-12,17H2,1-3H3. The molecule has 0 radical (unpaired) electrons. The van der Waals surface area contributed by atoms with Gasteiger partial charge in [-0.1, -0.05) is 13.8 Å². The highest BCUT2D eigenvalue weighted by atomic mass is 32.2. The summed E-state index contributed by atoms with van der Waals surface area (Å²) in [6, 6.07) is 7.98. The summed E-state index contributed by atoms with van der Waals surface area (Å²) in [5, 5.41) is 8.72. The molecule has 116 valence electrons. The van der Waals surface area contributed by atoms with Crippen LogP contribution in [0.25, 0.3) is 0 Å². The summed E-state index contributed by atoms with van der Waals surface area (Å²) in [7, 11) is -1.43. The molecule has 0 unspecified atom stereocenters. The van der Waals surface area contributed by atoms with Crippen LogP contribution in [0, 0.1) is 16.7 Å². The van der Waals surface area contributed by atoms with Crippen molar-refractivity contribution >= 4 is 9.84 Å². The maximum Gasteiger partial charge on any atom is 0.179 e. The second-order valence-corrected chi connectivity index (χ2v) is 8.17. The quantitative estimate of drug-likeness (QED) is 0.819. The zero-order valence-corrected chi connectivity index (χ0v) is 13.7. The first-order valence-electron chi connectivity index (χ1n) is 6.82. The van der Waals surface area contributed by atoms with E-state index in [9.17, 15) is 8.42 Å². The lowest BCUT2D eigenvalue weighted by atomic mass is 9.93. The molecule has 0 heterocycles. The smallest absolute Gasteiger partial charge is 0.179 e. The zero-order valence-electron chi connectivity index (χ0n) is 12.8. The van der Waals surface area contributed by atoms with E-state index < -0.39 is 9.84 Å². The van der Waals surface area contributed by atoms with E-state index in [1.165, 1.54) is 24.3 Å². The van der Waals surface area contributed by atoms with E-state index in [-0.39, 0.29) is 16.1 Å². The number of nitrogens with two attached hydrogens (primary N) is 1. The third-order valence-electron chi connectivity index (χ3n) is 3.33. The maximum atomic E-state index is 12.2. The van der Waals surface area contributed by atoms with Crippen LogP contribution >= 0.6 is 0 Å². The van der Waals surface area contributed by atoms with Crippen molar-refractivity contribution in [3.63, 3.8) is 0 Å². The average Bonchev–Trinajstić information content (AvgIpc) is 2.45. The van der Waals surface area contributed by atoms with Gasteiger partial charge in [-0.3, -0.25) is 0 Å². The fourth-order valence-corrected chi connectivity index (χ4v) is 3.34. The zero-order chi connectivity index (χ0) is 16.1. The van der Waals surface area contributed by atoms with Crippen LogP contribution in [0.1, 0.15) is 19.4 Å². The SMILES string of the molecule is CN(CCS(=O)(=O)c1ccc(C#N)cc1)CC(C)(C)CN. The van der Waals surface area contributed by atoms with E-state index in [0.717, 1.165) is 6.54 Å². The molecule has 0 aromatic heterocycles. The third kappa shape index (κ3) is 5.46. The molecule has 0 aliphatic carbocycles. The maximum absolute atomic E-state index is 12.2. The lowest BCUT2D eigenvalue weighted by Crippen LogP contribution is -2.38. The van der Waals surface area contributed by atoms with Crippen LogP contribution in [0.2, 0.25) is 0 Å². The predicted octanol–water partition coefficient (Wildman–Crippen LogP) is 1.25. The highest BCUT2D eigenvalue weighted by Crippen LogP contribution is 2.15. The first kappa shape index (κ1) is 17.6. The van der Waals surface area contributed by atoms with E-state index in [4.69, 9.17) is 11.0 Å². The van der Waals surface area contributed by atoms with Crippen molar-refractivity contribution in [3.05, 3.63) is 29.8 Å². The molecule has 0 spiro atoms. The van der Waals surface area contributed by atoms with E-state index in [1.54, 1.807) is 0 Å². The number of sulfone groups is 1. The Balaban J connectivity index is 2.66. The normalized spacial score (nSPS) is 12.4. The summed E-state index contributed by atoms with van der Waals surface area (Å²) in [4.78, 5) is 2.24. The van der Waals surface area contributed by atoms with Crippen LogP contribution in [0.15, 0.2) is 29.2 Å². The highest BCUT2D eigenvalue weighted by Gasteiger charge is 2.20. The van der Waals surface area contributed by atoms with Crippen LogP contribution in [-0.2, 0) is 9.84 Å². The van der Waals surface area contributed by atoms with Crippen LogP contribution < -0.4 is 5.73 Å². The van der Waals surface area contributed by atoms with Crippen molar-refractivity contribution in [2.24, 2.45) is 11.1 Å². The van der Waals surface area contributed by atoms with Gasteiger partial charge in [-0.15, -0.1) is 0 Å². The number of rotatable bonds is 7. The van der Waals surface area contributed by atoms with Gasteiger partial charge in [0.1, 0.15) is 0 Å². The molecule has 0 saturated heterocycles. The molecule has 0 aliphatic heterocycles. The van der Waals surface area contributed by atoms with Gasteiger partial charge < -0.3 is 10.6 Å². The lowest BCUT2D eigenvalue weighted by molar-refractivity contribution is 0.224. The Morgan fingerprint density at radius 3 is 2.33 bits per heavy atom. The molecule has 0 saturated carbocycles. The second-order valence-electron chi connectivity index (χ2n) is 6.06. The first-order valence-corrected chi connectivity index (χ1v) is 8.47. The Hall–Kier alpha value is -1.42. The summed E-state index contributed by atoms with van der Waals surface area (Å²) >= 11 is 0. The largest absolute Gasteiger partial charge is 0.330 e. The minimum atomic E-state index is -3.32. The molecule has 0 atom stereocenters. The van der Waals surface area contributed by atoms with E-state index >= 15 is 0 Å². The predicted molar refractivity (Wildman–Crippen MR) is 83.5 cm³/mol. The second kappa shape index (κ2) is 7.03. The van der Waals surface area contributed by atoms with Crippen molar-refractivity contribution in [3.8, 4) is 6.07 Å². The molecule has 1 aromatic carbocycles. The first-order chi connectivity index (χ1) is 9.70. The Morgan fingerprint density at radius 1 is 1.29 bits per heavy atom. The number of hydrogen-bond donors (Lipinski definition) is 1. The lowest BCUT2D eigenvalue weighted by Gasteiger charge is -2.28. The van der Waals surface area contributed by atoms with Crippen LogP contribution in [-0.4, -0.2) is 45.8 Å². The van der Waals surface area contributed by atoms with Gasteiger partial charge in [0.2, 0.25) is 0 Å². The Bertz CT molecular complexity index is 601. The van der Waals surface area contributed by atoms with Crippen molar-refractivity contribution in [1.29, 1.82) is 5.26 Å². The Labute approximate surface area is 127 Å². The minimum Gasteiger partial charge on any atom is -0.330 e. The molecular weight excluding hydrogens is 286 g/mol. The molecule has 21 heavy (non-hydrogen) atoms. The van der Waals surface area contributed by atoms with Crippen molar-refractivity contribution in [1.82, 2.24) is 4.90 Å². The Morgan fingerprint density at radius 2 is 1.86 bits per heavy atom. The molecule has 1 aromatic rings. The minimum absolute atomic E-state index is 0.0348. The van der Waals surface area contributed by atoms with Crippen molar-refractivity contribution in [2.45, 2.75) is 18.7 Å². The molecule has 0 aliphatic rings. The molecule has 1 rings (SSSR count). The number of nitriles is 1.